The highest BCUT2D eigenvalue weighted by Gasteiger charge is 2.35. The molecule has 0 spiro atoms. The lowest BCUT2D eigenvalue weighted by Gasteiger charge is -2.44. The summed E-state index contributed by atoms with van der Waals surface area (Å²) in [6, 6.07) is 10.9. The third-order valence-corrected chi connectivity index (χ3v) is 5.89. The summed E-state index contributed by atoms with van der Waals surface area (Å²) in [5.41, 5.74) is 13.1. The molecule has 0 bridgehead atoms. The first-order valence-corrected chi connectivity index (χ1v) is 9.80. The number of benzene rings is 1. The van der Waals surface area contributed by atoms with E-state index in [9.17, 15) is 4.79 Å². The summed E-state index contributed by atoms with van der Waals surface area (Å²) >= 11 is 0. The quantitative estimate of drug-likeness (QED) is 0.703. The Bertz CT molecular complexity index is 603. The van der Waals surface area contributed by atoms with Crippen molar-refractivity contribution in [1.82, 2.24) is 20.7 Å². The average Bonchev–Trinajstić information content (AvgIpc) is 3.15. The van der Waals surface area contributed by atoms with E-state index in [1.54, 1.807) is 0 Å². The normalized spacial score (nSPS) is 30.6. The van der Waals surface area contributed by atoms with Crippen molar-refractivity contribution in [2.45, 2.75) is 37.5 Å². The topological polar surface area (TPSA) is 76.9 Å². The number of carbonyl (C=O) groups is 1. The minimum Gasteiger partial charge on any atom is -0.369 e. The van der Waals surface area contributed by atoms with Crippen LogP contribution < -0.4 is 21.5 Å². The fourth-order valence-electron chi connectivity index (χ4n) is 4.40. The molecular weight excluding hydrogens is 328 g/mol. The molecule has 0 radical (unpaired) electrons. The molecule has 3 saturated heterocycles. The van der Waals surface area contributed by atoms with E-state index in [0.717, 1.165) is 45.7 Å². The number of anilines is 1. The van der Waals surface area contributed by atoms with Gasteiger partial charge in [-0.25, -0.2) is 10.9 Å². The molecule has 3 fully saturated rings. The number of carbonyl (C=O) groups excluding carboxylic acids is 1. The first-order valence-electron chi connectivity index (χ1n) is 9.80. The second-order valence-electron chi connectivity index (χ2n) is 7.62. The number of nitrogens with two attached hydrogens (primary N) is 1. The number of rotatable bonds is 3. The van der Waals surface area contributed by atoms with Crippen LogP contribution in [0.2, 0.25) is 0 Å². The maximum atomic E-state index is 12.8. The monoisotopic (exact) mass is 358 g/mol. The molecular formula is C19H30N6O. The molecule has 1 aromatic rings. The molecule has 0 aliphatic carbocycles. The number of hydrazine groups is 1. The van der Waals surface area contributed by atoms with Gasteiger partial charge in [-0.05, 0) is 25.0 Å². The van der Waals surface area contributed by atoms with Crippen molar-refractivity contribution >= 4 is 11.6 Å². The summed E-state index contributed by atoms with van der Waals surface area (Å²) in [6.07, 6.45) is 2.80. The molecule has 7 heteroatoms. The number of nitrogens with one attached hydrogen (secondary N) is 2. The van der Waals surface area contributed by atoms with Crippen molar-refractivity contribution in [2.75, 3.05) is 44.2 Å². The molecule has 4 N–H and O–H groups in total. The van der Waals surface area contributed by atoms with Crippen molar-refractivity contribution < 1.29 is 4.79 Å². The lowest BCUT2D eigenvalue weighted by Crippen LogP contribution is -2.57. The molecule has 3 unspecified atom stereocenters. The summed E-state index contributed by atoms with van der Waals surface area (Å²) in [5, 5.41) is 0. The van der Waals surface area contributed by atoms with Crippen molar-refractivity contribution in [3.05, 3.63) is 30.3 Å². The number of amides is 1. The highest BCUT2D eigenvalue weighted by atomic mass is 16.2. The van der Waals surface area contributed by atoms with Crippen LogP contribution in [0.3, 0.4) is 0 Å². The summed E-state index contributed by atoms with van der Waals surface area (Å²) in [4.78, 5) is 19.8. The van der Waals surface area contributed by atoms with Gasteiger partial charge in [-0.1, -0.05) is 18.2 Å². The van der Waals surface area contributed by atoms with E-state index in [0.29, 0.717) is 12.5 Å². The van der Waals surface area contributed by atoms with E-state index in [4.69, 9.17) is 5.73 Å². The third-order valence-electron chi connectivity index (χ3n) is 5.89. The molecule has 26 heavy (non-hydrogen) atoms. The number of hydrogen-bond acceptors (Lipinski definition) is 6. The fraction of sp³-hybridized carbons (Fsp3) is 0.632. The Morgan fingerprint density at radius 3 is 2.50 bits per heavy atom. The Kier molecular flexibility index (Phi) is 5.40. The first-order chi connectivity index (χ1) is 12.7. The molecule has 4 rings (SSSR count). The maximum absolute atomic E-state index is 12.8. The van der Waals surface area contributed by atoms with Gasteiger partial charge in [0.2, 0.25) is 5.91 Å². The van der Waals surface area contributed by atoms with Crippen LogP contribution >= 0.6 is 0 Å². The van der Waals surface area contributed by atoms with Gasteiger partial charge in [-0.3, -0.25) is 9.69 Å². The molecule has 1 amide bonds. The highest BCUT2D eigenvalue weighted by Crippen LogP contribution is 2.21. The minimum absolute atomic E-state index is 0.129. The minimum atomic E-state index is -0.182. The molecule has 3 atom stereocenters. The van der Waals surface area contributed by atoms with Crippen LogP contribution in [0.4, 0.5) is 5.69 Å². The highest BCUT2D eigenvalue weighted by molar-refractivity contribution is 5.82. The number of para-hydroxylation sites is 1. The van der Waals surface area contributed by atoms with E-state index >= 15 is 0 Å². The largest absolute Gasteiger partial charge is 0.369 e. The lowest BCUT2D eigenvalue weighted by molar-refractivity contribution is -0.135. The molecule has 0 aromatic heterocycles. The van der Waals surface area contributed by atoms with Crippen molar-refractivity contribution in [3.63, 3.8) is 0 Å². The zero-order valence-electron chi connectivity index (χ0n) is 15.3. The zero-order valence-corrected chi connectivity index (χ0v) is 15.3. The van der Waals surface area contributed by atoms with Gasteiger partial charge in [-0.15, -0.1) is 0 Å². The van der Waals surface area contributed by atoms with Gasteiger partial charge < -0.3 is 15.5 Å². The van der Waals surface area contributed by atoms with Gasteiger partial charge in [0.15, 0.2) is 0 Å². The molecule has 3 aliphatic heterocycles. The summed E-state index contributed by atoms with van der Waals surface area (Å²) in [6.45, 7) is 5.95. The van der Waals surface area contributed by atoms with Crippen LogP contribution in [0.5, 0.6) is 0 Å². The fourth-order valence-corrected chi connectivity index (χ4v) is 4.40. The Morgan fingerprint density at radius 2 is 1.81 bits per heavy atom. The van der Waals surface area contributed by atoms with Crippen LogP contribution in [0.25, 0.3) is 0 Å². The molecule has 3 aliphatic rings. The predicted molar refractivity (Wildman–Crippen MR) is 102 cm³/mol. The van der Waals surface area contributed by atoms with Crippen LogP contribution in [-0.2, 0) is 4.79 Å². The molecule has 0 saturated carbocycles. The Morgan fingerprint density at radius 1 is 1.04 bits per heavy atom. The molecule has 1 aromatic carbocycles. The smallest absolute Gasteiger partial charge is 0.241 e. The maximum Gasteiger partial charge on any atom is 0.241 e. The van der Waals surface area contributed by atoms with E-state index in [1.165, 1.54) is 12.1 Å². The number of likely N-dealkylation sites (tertiary alicyclic amines) is 1. The van der Waals surface area contributed by atoms with Gasteiger partial charge in [0.05, 0.1) is 6.17 Å². The number of nitrogens with zero attached hydrogens (tertiary/aromatic N) is 3. The predicted octanol–water partition coefficient (Wildman–Crippen LogP) is -0.0491. The van der Waals surface area contributed by atoms with Crippen molar-refractivity contribution in [3.8, 4) is 0 Å². The summed E-state index contributed by atoms with van der Waals surface area (Å²) in [7, 11) is 0. The number of piperidine rings is 1. The van der Waals surface area contributed by atoms with E-state index < -0.39 is 0 Å². The van der Waals surface area contributed by atoms with Crippen molar-refractivity contribution in [2.24, 2.45) is 5.73 Å². The SMILES string of the molecule is NC1CC(C(=O)N2CCCC(N3CCN(c4ccccc4)CC3)C2)NN1. The standard InChI is InChI=1S/C19H30N6O/c20-18-13-17(21-22-18)19(26)25-8-4-7-16(14-25)24-11-9-23(10-12-24)15-5-2-1-3-6-15/h1-3,5-6,16-18,21-22H,4,7-14,20H2. The van der Waals surface area contributed by atoms with E-state index in [-0.39, 0.29) is 18.1 Å². The van der Waals surface area contributed by atoms with Crippen LogP contribution in [0.15, 0.2) is 30.3 Å². The van der Waals surface area contributed by atoms with Gasteiger partial charge in [0.25, 0.3) is 0 Å². The van der Waals surface area contributed by atoms with Crippen LogP contribution in [0.1, 0.15) is 19.3 Å². The zero-order chi connectivity index (χ0) is 17.9. The van der Waals surface area contributed by atoms with Gasteiger partial charge in [0, 0.05) is 57.4 Å². The third kappa shape index (κ3) is 3.86. The molecule has 3 heterocycles. The van der Waals surface area contributed by atoms with Gasteiger partial charge in [-0.2, -0.15) is 0 Å². The van der Waals surface area contributed by atoms with E-state index in [2.05, 4.69) is 51.0 Å². The summed E-state index contributed by atoms with van der Waals surface area (Å²) < 4.78 is 0. The van der Waals surface area contributed by atoms with Crippen LogP contribution in [-0.4, -0.2) is 73.2 Å². The average molecular weight is 358 g/mol. The summed E-state index contributed by atoms with van der Waals surface area (Å²) in [5.74, 6) is 0.193. The first kappa shape index (κ1) is 17.7. The van der Waals surface area contributed by atoms with Crippen molar-refractivity contribution in [1.29, 1.82) is 0 Å². The lowest BCUT2D eigenvalue weighted by atomic mass is 10.0. The second-order valence-corrected chi connectivity index (χ2v) is 7.62. The Labute approximate surface area is 155 Å². The van der Waals surface area contributed by atoms with Gasteiger partial charge in [0.1, 0.15) is 6.04 Å². The number of piperazine rings is 1. The number of hydrogen-bond donors (Lipinski definition) is 3. The van der Waals surface area contributed by atoms with Gasteiger partial charge >= 0.3 is 0 Å². The Hall–Kier alpha value is -1.67. The molecule has 142 valence electrons. The Balaban J connectivity index is 1.30. The second kappa shape index (κ2) is 7.92. The van der Waals surface area contributed by atoms with E-state index in [1.807, 2.05) is 4.90 Å². The van der Waals surface area contributed by atoms with Crippen LogP contribution in [0, 0.1) is 0 Å². The molecule has 7 nitrogen and oxygen atoms in total.